The number of esters is 1. The predicted molar refractivity (Wildman–Crippen MR) is 71.7 cm³/mol. The van der Waals surface area contributed by atoms with Crippen LogP contribution in [0.25, 0.3) is 0 Å². The second-order valence-electron chi connectivity index (χ2n) is 3.46. The molecule has 0 unspecified atom stereocenters. The number of methoxy groups -OCH3 is 1. The number of ether oxygens (including phenoxy) is 1. The number of benzene rings is 1. The van der Waals surface area contributed by atoms with E-state index in [0.717, 1.165) is 13.2 Å². The molecule has 1 aromatic carbocycles. The third-order valence-electron chi connectivity index (χ3n) is 2.06. The summed E-state index contributed by atoms with van der Waals surface area (Å²) >= 11 is 4.65. The average Bonchev–Trinajstić information content (AvgIpc) is 2.26. The molecule has 0 spiro atoms. The summed E-state index contributed by atoms with van der Waals surface area (Å²) in [4.78, 5) is 10.6. The van der Waals surface area contributed by atoms with Gasteiger partial charge in [-0.3, -0.25) is 9.52 Å². The lowest BCUT2D eigenvalue weighted by Crippen LogP contribution is -2.25. The Morgan fingerprint density at radius 3 is 2.68 bits per heavy atom. The molecular weight excluding hydrogens is 295 g/mol. The molecule has 3 N–H and O–H groups in total. The first-order chi connectivity index (χ1) is 8.76. The van der Waals surface area contributed by atoms with Crippen LogP contribution in [-0.2, 0) is 19.6 Å². The third-order valence-corrected chi connectivity index (χ3v) is 3.41. The molecule has 0 aliphatic rings. The molecule has 19 heavy (non-hydrogen) atoms. The lowest BCUT2D eigenvalue weighted by molar-refractivity contribution is -0.137. The molecule has 0 fully saturated rings. The zero-order chi connectivity index (χ0) is 14.6. The van der Waals surface area contributed by atoms with E-state index in [1.54, 1.807) is 0 Å². The van der Waals surface area contributed by atoms with Crippen LogP contribution in [0.5, 0.6) is 0 Å². The Kier molecular flexibility index (Phi) is 4.78. The highest BCUT2D eigenvalue weighted by Gasteiger charge is 2.20. The van der Waals surface area contributed by atoms with Gasteiger partial charge < -0.3 is 10.5 Å². The van der Waals surface area contributed by atoms with E-state index in [1.807, 2.05) is 4.72 Å². The molecule has 0 aliphatic carbocycles. The van der Waals surface area contributed by atoms with Crippen LogP contribution < -0.4 is 10.5 Å². The van der Waals surface area contributed by atoms with E-state index in [4.69, 9.17) is 5.73 Å². The number of thiocarbonyl (C=S) groups is 1. The molecule has 1 rings (SSSR count). The van der Waals surface area contributed by atoms with E-state index in [2.05, 4.69) is 17.0 Å². The third kappa shape index (κ3) is 4.14. The second-order valence-corrected chi connectivity index (χ2v) is 5.63. The Hall–Kier alpha value is -1.74. The fourth-order valence-corrected chi connectivity index (χ4v) is 2.49. The molecule has 0 radical (unpaired) electrons. The molecule has 0 bridgehead atoms. The van der Waals surface area contributed by atoms with Crippen molar-refractivity contribution in [3.63, 3.8) is 0 Å². The first-order valence-corrected chi connectivity index (χ1v) is 6.98. The Balaban J connectivity index is 3.10. The van der Waals surface area contributed by atoms with Crippen LogP contribution in [0.2, 0.25) is 0 Å². The van der Waals surface area contributed by atoms with Crippen LogP contribution in [-0.4, -0.2) is 32.2 Å². The summed E-state index contributed by atoms with van der Waals surface area (Å²) in [5.41, 5.74) is 4.97. The van der Waals surface area contributed by atoms with Crippen molar-refractivity contribution < 1.29 is 22.3 Å². The zero-order valence-corrected chi connectivity index (χ0v) is 11.5. The normalized spacial score (nSPS) is 10.8. The van der Waals surface area contributed by atoms with Crippen molar-refractivity contribution in [3.8, 4) is 0 Å². The molecule has 6 nitrogen and oxygen atoms in total. The van der Waals surface area contributed by atoms with Crippen LogP contribution in [0.15, 0.2) is 18.2 Å². The van der Waals surface area contributed by atoms with Gasteiger partial charge in [0.2, 0.25) is 10.0 Å². The summed E-state index contributed by atoms with van der Waals surface area (Å²) in [5, 5.41) is 0. The maximum Gasteiger partial charge on any atom is 0.322 e. The zero-order valence-electron chi connectivity index (χ0n) is 9.84. The first kappa shape index (κ1) is 15.3. The summed E-state index contributed by atoms with van der Waals surface area (Å²) in [6.07, 6.45) is 0. The highest BCUT2D eigenvalue weighted by Crippen LogP contribution is 2.20. The van der Waals surface area contributed by atoms with Crippen molar-refractivity contribution in [2.24, 2.45) is 5.73 Å². The number of halogens is 1. The molecular formula is C10H11FN2O4S2. The number of carbonyl (C=O) groups excluding carboxylic acids is 1. The molecule has 0 saturated carbocycles. The summed E-state index contributed by atoms with van der Waals surface area (Å²) in [6, 6.07) is 3.66. The average molecular weight is 306 g/mol. The number of rotatable bonds is 5. The Bertz CT molecular complexity index is 616. The van der Waals surface area contributed by atoms with Gasteiger partial charge in [0.15, 0.2) is 5.75 Å². The minimum Gasteiger partial charge on any atom is -0.468 e. The van der Waals surface area contributed by atoms with Crippen molar-refractivity contribution in [1.29, 1.82) is 0 Å². The van der Waals surface area contributed by atoms with E-state index in [1.165, 1.54) is 12.1 Å². The van der Waals surface area contributed by atoms with Crippen LogP contribution in [0.4, 0.5) is 10.1 Å². The van der Waals surface area contributed by atoms with E-state index in [0.29, 0.717) is 0 Å². The quantitative estimate of drug-likeness (QED) is 0.602. The van der Waals surface area contributed by atoms with Gasteiger partial charge in [-0.2, -0.15) is 0 Å². The topological polar surface area (TPSA) is 98.5 Å². The smallest absolute Gasteiger partial charge is 0.322 e. The fourth-order valence-electron chi connectivity index (χ4n) is 1.28. The number of hydrogen-bond acceptors (Lipinski definition) is 5. The van der Waals surface area contributed by atoms with Gasteiger partial charge in [0.05, 0.1) is 18.4 Å². The van der Waals surface area contributed by atoms with Gasteiger partial charge >= 0.3 is 5.97 Å². The van der Waals surface area contributed by atoms with Gasteiger partial charge in [0, 0.05) is 0 Å². The molecule has 9 heteroatoms. The lowest BCUT2D eigenvalue weighted by Gasteiger charge is -2.11. The molecule has 0 saturated heterocycles. The SMILES string of the molecule is COC(=O)CS(=O)(=O)Nc1cccc(F)c1C(N)=S. The maximum absolute atomic E-state index is 13.5. The maximum atomic E-state index is 13.5. The van der Waals surface area contributed by atoms with Crippen molar-refractivity contribution in [2.75, 3.05) is 17.6 Å². The number of nitrogens with one attached hydrogen (secondary N) is 1. The minimum atomic E-state index is -4.03. The van der Waals surface area contributed by atoms with Gasteiger partial charge in [-0.1, -0.05) is 18.3 Å². The van der Waals surface area contributed by atoms with Crippen molar-refractivity contribution in [1.82, 2.24) is 0 Å². The molecule has 1 aromatic rings. The number of carbonyl (C=O) groups is 1. The summed E-state index contributed by atoms with van der Waals surface area (Å²) in [5.74, 6) is -2.59. The van der Waals surface area contributed by atoms with Crippen LogP contribution in [0.1, 0.15) is 5.56 Å². The summed E-state index contributed by atoms with van der Waals surface area (Å²) < 4.78 is 43.1. The number of nitrogens with two attached hydrogens (primary N) is 1. The number of anilines is 1. The standard InChI is InChI=1S/C10H11FN2O4S2/c1-17-8(14)5-19(15,16)13-7-4-2-3-6(11)9(7)10(12)18/h2-4,13H,5H2,1H3,(H2,12,18). The van der Waals surface area contributed by atoms with E-state index in [-0.39, 0.29) is 16.2 Å². The van der Waals surface area contributed by atoms with E-state index in [9.17, 15) is 17.6 Å². The van der Waals surface area contributed by atoms with Crippen LogP contribution in [0, 0.1) is 5.82 Å². The fraction of sp³-hybridized carbons (Fsp3) is 0.200. The predicted octanol–water partition coefficient (Wildman–Crippen LogP) is 0.375. The molecule has 0 heterocycles. The van der Waals surface area contributed by atoms with Gasteiger partial charge in [-0.25, -0.2) is 12.8 Å². The highest BCUT2D eigenvalue weighted by atomic mass is 32.2. The van der Waals surface area contributed by atoms with Gasteiger partial charge in [0.25, 0.3) is 0 Å². The Labute approximate surface area is 114 Å². The molecule has 104 valence electrons. The minimum absolute atomic E-state index is 0.128. The summed E-state index contributed by atoms with van der Waals surface area (Å²) in [6.45, 7) is 0. The molecule has 0 aliphatic heterocycles. The van der Waals surface area contributed by atoms with Gasteiger partial charge in [0.1, 0.15) is 10.8 Å². The van der Waals surface area contributed by atoms with Crippen molar-refractivity contribution >= 4 is 38.9 Å². The molecule has 0 amide bonds. The molecule has 0 atom stereocenters. The number of hydrogen-bond donors (Lipinski definition) is 2. The van der Waals surface area contributed by atoms with E-state index >= 15 is 0 Å². The molecule has 0 aromatic heterocycles. The second kappa shape index (κ2) is 5.93. The van der Waals surface area contributed by atoms with Crippen molar-refractivity contribution in [2.45, 2.75) is 0 Å². The van der Waals surface area contributed by atoms with Gasteiger partial charge in [-0.15, -0.1) is 0 Å². The monoisotopic (exact) mass is 306 g/mol. The number of sulfonamides is 1. The Morgan fingerprint density at radius 1 is 1.53 bits per heavy atom. The van der Waals surface area contributed by atoms with Crippen LogP contribution >= 0.6 is 12.2 Å². The first-order valence-electron chi connectivity index (χ1n) is 4.92. The van der Waals surface area contributed by atoms with Gasteiger partial charge in [-0.05, 0) is 12.1 Å². The van der Waals surface area contributed by atoms with Crippen molar-refractivity contribution in [3.05, 3.63) is 29.6 Å². The Morgan fingerprint density at radius 2 is 2.16 bits per heavy atom. The lowest BCUT2D eigenvalue weighted by atomic mass is 10.2. The summed E-state index contributed by atoms with van der Waals surface area (Å²) in [7, 11) is -2.97. The van der Waals surface area contributed by atoms with Crippen LogP contribution in [0.3, 0.4) is 0 Å². The van der Waals surface area contributed by atoms with E-state index < -0.39 is 27.6 Å². The highest BCUT2D eigenvalue weighted by molar-refractivity contribution is 7.93. The largest absolute Gasteiger partial charge is 0.468 e.